The van der Waals surface area contributed by atoms with Gasteiger partial charge in [0.15, 0.2) is 0 Å². The lowest BCUT2D eigenvalue weighted by atomic mass is 10.1. The van der Waals surface area contributed by atoms with Crippen molar-refractivity contribution < 1.29 is 34.0 Å². The summed E-state index contributed by atoms with van der Waals surface area (Å²) in [5, 5.41) is 30.9. The van der Waals surface area contributed by atoms with Crippen LogP contribution in [0.3, 0.4) is 0 Å². The van der Waals surface area contributed by atoms with Gasteiger partial charge in [-0.2, -0.15) is 0 Å². The molecule has 0 spiro atoms. The quantitative estimate of drug-likeness (QED) is 0.106. The smallest absolute Gasteiger partial charge is 0.271 e. The molecule has 190 valence electrons. The summed E-state index contributed by atoms with van der Waals surface area (Å²) in [6.07, 6.45) is -0.548. The molecular formula is C19H24IN7O8. The molecule has 0 saturated carbocycles. The molecule has 15 nitrogen and oxygen atoms in total. The molecule has 1 aliphatic heterocycles. The molecule has 0 aliphatic carbocycles. The first kappa shape index (κ1) is 27.7. The molecule has 9 N–H and O–H groups in total. The number of anilines is 1. The van der Waals surface area contributed by atoms with Crippen molar-refractivity contribution in [1.29, 1.82) is 0 Å². The normalized spacial score (nSPS) is 21.3. The first-order valence-corrected chi connectivity index (χ1v) is 11.3. The van der Waals surface area contributed by atoms with Crippen molar-refractivity contribution in [3.63, 3.8) is 0 Å². The molecule has 16 heteroatoms. The molecule has 1 aromatic rings. The van der Waals surface area contributed by atoms with Gasteiger partial charge >= 0.3 is 0 Å². The van der Waals surface area contributed by atoms with Crippen molar-refractivity contribution in [3.8, 4) is 0 Å². The summed E-state index contributed by atoms with van der Waals surface area (Å²) in [6.45, 7) is -0.857. The number of nitrogens with one attached hydrogen (secondary N) is 4. The van der Waals surface area contributed by atoms with E-state index in [-0.39, 0.29) is 42.7 Å². The third-order valence-corrected chi connectivity index (χ3v) is 5.89. The van der Waals surface area contributed by atoms with Crippen LogP contribution in [0, 0.1) is 13.7 Å². The largest absolute Gasteiger partial charge is 0.394 e. The van der Waals surface area contributed by atoms with E-state index in [0.29, 0.717) is 3.57 Å². The standard InChI is InChI=1S/C19H24IN7O8/c20-10-6-8(27(34)35)5-9-15(10)23-4-3-11(16(22)30)24-18(32)12(1-2-14(21)29)25-19(33)13(7-28)26-17(9)31/h5-6,11-13,23,28H,1-4,7H2,(H2,21,29)(H2,22,30)(H,24,32)(H,25,33)(H,26,31). The van der Waals surface area contributed by atoms with E-state index < -0.39 is 59.2 Å². The van der Waals surface area contributed by atoms with Crippen molar-refractivity contribution in [2.24, 2.45) is 11.5 Å². The molecule has 1 aliphatic rings. The molecule has 1 heterocycles. The number of fused-ring (bicyclic) bond motifs is 1. The number of primary amides is 2. The molecule has 0 fully saturated rings. The number of rotatable bonds is 6. The average Bonchev–Trinajstić information content (AvgIpc) is 2.78. The third kappa shape index (κ3) is 7.47. The number of hydrogen-bond donors (Lipinski definition) is 7. The van der Waals surface area contributed by atoms with Crippen molar-refractivity contribution in [2.45, 2.75) is 37.4 Å². The van der Waals surface area contributed by atoms with Crippen molar-refractivity contribution in [3.05, 3.63) is 31.4 Å². The molecular weight excluding hydrogens is 581 g/mol. The van der Waals surface area contributed by atoms with Gasteiger partial charge in [-0.3, -0.25) is 34.1 Å². The van der Waals surface area contributed by atoms with Crippen LogP contribution in [0.1, 0.15) is 29.6 Å². The van der Waals surface area contributed by atoms with Gasteiger partial charge in [0.1, 0.15) is 18.1 Å². The lowest BCUT2D eigenvalue weighted by Crippen LogP contribution is -2.57. The molecule has 2 rings (SSSR count). The van der Waals surface area contributed by atoms with Gasteiger partial charge in [0.2, 0.25) is 23.6 Å². The minimum Gasteiger partial charge on any atom is -0.394 e. The summed E-state index contributed by atoms with van der Waals surface area (Å²) in [4.78, 5) is 72.1. The van der Waals surface area contributed by atoms with Gasteiger partial charge in [0.05, 0.1) is 22.8 Å². The molecule has 0 saturated heterocycles. The summed E-state index contributed by atoms with van der Waals surface area (Å²) >= 11 is 1.78. The van der Waals surface area contributed by atoms with E-state index in [1.807, 2.05) is 0 Å². The van der Waals surface area contributed by atoms with Crippen LogP contribution in [-0.2, 0) is 19.2 Å². The Morgan fingerprint density at radius 2 is 1.77 bits per heavy atom. The number of halogens is 1. The SMILES string of the molecule is NC(=O)CCC1NC(=O)C(CO)NC(=O)c2cc([N+](=O)[O-])cc(I)c2NCCC(C(N)=O)NC1=O. The van der Waals surface area contributed by atoms with Crippen LogP contribution in [0.25, 0.3) is 0 Å². The monoisotopic (exact) mass is 605 g/mol. The van der Waals surface area contributed by atoms with Crippen molar-refractivity contribution in [2.75, 3.05) is 18.5 Å². The number of carbonyl (C=O) groups excluding carboxylic acids is 5. The molecule has 0 bridgehead atoms. The first-order chi connectivity index (χ1) is 16.4. The minimum absolute atomic E-state index is 0.0176. The third-order valence-electron chi connectivity index (χ3n) is 5.04. The Bertz CT molecular complexity index is 1050. The summed E-state index contributed by atoms with van der Waals surface area (Å²) in [7, 11) is 0. The van der Waals surface area contributed by atoms with Gasteiger partial charge in [0, 0.05) is 28.7 Å². The highest BCUT2D eigenvalue weighted by Gasteiger charge is 2.31. The number of nitrogens with zero attached hydrogens (tertiary/aromatic N) is 1. The van der Waals surface area contributed by atoms with Crippen molar-refractivity contribution in [1.82, 2.24) is 16.0 Å². The summed E-state index contributed by atoms with van der Waals surface area (Å²) in [6, 6.07) is -1.86. The maximum Gasteiger partial charge on any atom is 0.271 e. The van der Waals surface area contributed by atoms with Crippen LogP contribution in [0.4, 0.5) is 11.4 Å². The predicted octanol–water partition coefficient (Wildman–Crippen LogP) is -2.17. The van der Waals surface area contributed by atoms with Gasteiger partial charge in [-0.15, -0.1) is 0 Å². The number of nitro benzene ring substituents is 1. The lowest BCUT2D eigenvalue weighted by molar-refractivity contribution is -0.384. The highest BCUT2D eigenvalue weighted by molar-refractivity contribution is 14.1. The Balaban J connectivity index is 2.50. The lowest BCUT2D eigenvalue weighted by Gasteiger charge is -2.25. The number of carbonyl (C=O) groups is 5. The van der Waals surface area contributed by atoms with Crippen LogP contribution in [0.5, 0.6) is 0 Å². The van der Waals surface area contributed by atoms with Gasteiger partial charge in [-0.25, -0.2) is 0 Å². The minimum atomic E-state index is -1.55. The number of aliphatic hydroxyl groups is 1. The average molecular weight is 605 g/mol. The maximum absolute atomic E-state index is 13.0. The molecule has 3 unspecified atom stereocenters. The van der Waals surface area contributed by atoms with Crippen LogP contribution in [-0.4, -0.2) is 70.8 Å². The molecule has 1 aromatic carbocycles. The summed E-state index contributed by atoms with van der Waals surface area (Å²) < 4.78 is 0.297. The Kier molecular flexibility index (Phi) is 9.69. The zero-order valence-electron chi connectivity index (χ0n) is 18.2. The molecule has 5 amide bonds. The van der Waals surface area contributed by atoms with Gasteiger partial charge in [-0.05, 0) is 35.4 Å². The number of nitrogens with two attached hydrogens (primary N) is 2. The second-order valence-corrected chi connectivity index (χ2v) is 8.72. The van der Waals surface area contributed by atoms with E-state index in [1.165, 1.54) is 6.07 Å². The highest BCUT2D eigenvalue weighted by Crippen LogP contribution is 2.29. The van der Waals surface area contributed by atoms with Crippen LogP contribution in [0.15, 0.2) is 12.1 Å². The number of nitro groups is 1. The van der Waals surface area contributed by atoms with E-state index >= 15 is 0 Å². The number of hydrogen-bond acceptors (Lipinski definition) is 9. The molecule has 0 radical (unpaired) electrons. The van der Waals surface area contributed by atoms with Crippen molar-refractivity contribution >= 4 is 63.5 Å². The predicted molar refractivity (Wildman–Crippen MR) is 129 cm³/mol. The maximum atomic E-state index is 13.0. The second kappa shape index (κ2) is 12.2. The first-order valence-electron chi connectivity index (χ1n) is 10.3. The van der Waals surface area contributed by atoms with E-state index in [2.05, 4.69) is 21.3 Å². The van der Waals surface area contributed by atoms with Gasteiger partial charge in [-0.1, -0.05) is 0 Å². The number of aliphatic hydroxyl groups excluding tert-OH is 1. The molecule has 35 heavy (non-hydrogen) atoms. The van der Waals surface area contributed by atoms with Crippen LogP contribution >= 0.6 is 22.6 Å². The van der Waals surface area contributed by atoms with E-state index in [1.54, 1.807) is 22.6 Å². The van der Waals surface area contributed by atoms with Crippen LogP contribution in [0.2, 0.25) is 0 Å². The molecule has 0 aromatic heterocycles. The highest BCUT2D eigenvalue weighted by atomic mass is 127. The Morgan fingerprint density at radius 1 is 1.11 bits per heavy atom. The topological polar surface area (TPSA) is 249 Å². The fourth-order valence-corrected chi connectivity index (χ4v) is 4.01. The Hall–Kier alpha value is -3.54. The summed E-state index contributed by atoms with van der Waals surface area (Å²) in [5.74, 6) is -4.34. The second-order valence-electron chi connectivity index (χ2n) is 7.56. The van der Waals surface area contributed by atoms with E-state index in [0.717, 1.165) is 6.07 Å². The Morgan fingerprint density at radius 3 is 2.34 bits per heavy atom. The van der Waals surface area contributed by atoms with Crippen LogP contribution < -0.4 is 32.7 Å². The zero-order chi connectivity index (χ0) is 26.3. The van der Waals surface area contributed by atoms with E-state index in [4.69, 9.17) is 11.5 Å². The van der Waals surface area contributed by atoms with E-state index in [9.17, 15) is 39.2 Å². The number of benzene rings is 1. The fraction of sp³-hybridized carbons (Fsp3) is 0.421. The Labute approximate surface area is 212 Å². The number of amides is 5. The zero-order valence-corrected chi connectivity index (χ0v) is 20.4. The summed E-state index contributed by atoms with van der Waals surface area (Å²) in [5.41, 5.74) is 10.1. The fourth-order valence-electron chi connectivity index (χ4n) is 3.21. The van der Waals surface area contributed by atoms with Gasteiger partial charge < -0.3 is 37.8 Å². The number of non-ortho nitro benzene ring substituents is 1. The molecule has 3 atom stereocenters. The van der Waals surface area contributed by atoms with Gasteiger partial charge in [0.25, 0.3) is 11.6 Å².